The summed E-state index contributed by atoms with van der Waals surface area (Å²) in [5, 5.41) is 10.7. The predicted molar refractivity (Wildman–Crippen MR) is 60.6 cm³/mol. The van der Waals surface area contributed by atoms with Gasteiger partial charge in [-0.1, -0.05) is 0 Å². The lowest BCUT2D eigenvalue weighted by Crippen LogP contribution is -2.14. The summed E-state index contributed by atoms with van der Waals surface area (Å²) in [7, 11) is 0. The van der Waals surface area contributed by atoms with Gasteiger partial charge in [0.05, 0.1) is 23.2 Å². The van der Waals surface area contributed by atoms with Crippen LogP contribution in [0.4, 0.5) is 5.69 Å². The van der Waals surface area contributed by atoms with Crippen LogP contribution in [0, 0.1) is 10.1 Å². The minimum atomic E-state index is -0.693. The number of nitrogens with zero attached hydrogens (tertiary/aromatic N) is 1. The Morgan fingerprint density at radius 1 is 1.50 bits per heavy atom. The molecule has 0 aliphatic rings. The number of ether oxygens (including phenoxy) is 2. The van der Waals surface area contributed by atoms with E-state index in [2.05, 4.69) is 4.74 Å². The van der Waals surface area contributed by atoms with Gasteiger partial charge in [-0.05, 0) is 19.1 Å². The van der Waals surface area contributed by atoms with Gasteiger partial charge >= 0.3 is 5.97 Å². The first-order chi connectivity index (χ1) is 8.58. The van der Waals surface area contributed by atoms with Crippen LogP contribution >= 0.6 is 0 Å². The molecule has 0 heterocycles. The van der Waals surface area contributed by atoms with Crippen molar-refractivity contribution >= 4 is 17.9 Å². The molecule has 1 aromatic rings. The number of nitro groups is 1. The molecule has 0 amide bonds. The van der Waals surface area contributed by atoms with Crippen molar-refractivity contribution in [2.75, 3.05) is 13.2 Å². The first-order valence-corrected chi connectivity index (χ1v) is 5.10. The van der Waals surface area contributed by atoms with Gasteiger partial charge < -0.3 is 9.47 Å². The van der Waals surface area contributed by atoms with Gasteiger partial charge in [0.2, 0.25) is 0 Å². The molecular formula is C11H11NO6. The second-order valence-corrected chi connectivity index (χ2v) is 3.19. The minimum absolute atomic E-state index is 0.0523. The van der Waals surface area contributed by atoms with E-state index in [9.17, 15) is 19.7 Å². The molecule has 0 radical (unpaired) electrons. The van der Waals surface area contributed by atoms with Crippen molar-refractivity contribution in [2.45, 2.75) is 6.92 Å². The summed E-state index contributed by atoms with van der Waals surface area (Å²) in [5.74, 6) is -0.444. The molecule has 0 N–H and O–H groups in total. The van der Waals surface area contributed by atoms with Crippen LogP contribution in [0.2, 0.25) is 0 Å². The summed E-state index contributed by atoms with van der Waals surface area (Å²) in [5.41, 5.74) is -0.421. The van der Waals surface area contributed by atoms with E-state index in [4.69, 9.17) is 4.74 Å². The number of hydrogen-bond donors (Lipinski definition) is 0. The number of nitro benzene ring substituents is 1. The highest BCUT2D eigenvalue weighted by Crippen LogP contribution is 2.23. The second kappa shape index (κ2) is 6.33. The van der Waals surface area contributed by atoms with Gasteiger partial charge in [-0.25, -0.2) is 4.79 Å². The van der Waals surface area contributed by atoms with Crippen LogP contribution < -0.4 is 4.74 Å². The van der Waals surface area contributed by atoms with Crippen molar-refractivity contribution in [1.82, 2.24) is 0 Å². The van der Waals surface area contributed by atoms with Crippen LogP contribution in [0.25, 0.3) is 0 Å². The highest BCUT2D eigenvalue weighted by atomic mass is 16.6. The summed E-state index contributed by atoms with van der Waals surface area (Å²) >= 11 is 0. The molecule has 96 valence electrons. The van der Waals surface area contributed by atoms with Crippen LogP contribution in [0.3, 0.4) is 0 Å². The summed E-state index contributed by atoms with van der Waals surface area (Å²) in [6.07, 6.45) is 0.382. The molecule has 1 aromatic carbocycles. The molecule has 0 fully saturated rings. The van der Waals surface area contributed by atoms with Gasteiger partial charge in [0.15, 0.2) is 12.9 Å². The predicted octanol–water partition coefficient (Wildman–Crippen LogP) is 1.35. The Morgan fingerprint density at radius 3 is 2.78 bits per heavy atom. The van der Waals surface area contributed by atoms with Gasteiger partial charge in [0.25, 0.3) is 5.69 Å². The monoisotopic (exact) mass is 253 g/mol. The van der Waals surface area contributed by atoms with Gasteiger partial charge in [-0.3, -0.25) is 14.9 Å². The molecule has 0 aliphatic carbocycles. The zero-order chi connectivity index (χ0) is 13.5. The van der Waals surface area contributed by atoms with Crippen molar-refractivity contribution in [3.63, 3.8) is 0 Å². The maximum atomic E-state index is 11.0. The Bertz CT molecular complexity index is 471. The van der Waals surface area contributed by atoms with E-state index in [1.54, 1.807) is 6.92 Å². The molecule has 0 bridgehead atoms. The van der Waals surface area contributed by atoms with Crippen LogP contribution in [0.15, 0.2) is 18.2 Å². The number of rotatable bonds is 6. The third-order valence-corrected chi connectivity index (χ3v) is 1.99. The number of aldehydes is 1. The Kier molecular flexibility index (Phi) is 4.79. The van der Waals surface area contributed by atoms with Gasteiger partial charge in [0.1, 0.15) is 5.75 Å². The zero-order valence-corrected chi connectivity index (χ0v) is 9.62. The standard InChI is InChI=1S/C11H11NO6/c1-2-17-11(14)7-18-9-4-3-8(6-13)10(5-9)12(15)16/h3-6H,2,7H2,1H3. The molecule has 7 nitrogen and oxygen atoms in total. The molecule has 0 saturated heterocycles. The van der Waals surface area contributed by atoms with Crippen molar-refractivity contribution < 1.29 is 24.0 Å². The molecule has 7 heteroatoms. The van der Waals surface area contributed by atoms with Gasteiger partial charge in [-0.2, -0.15) is 0 Å². The molecule has 0 atom stereocenters. The number of carbonyl (C=O) groups is 2. The molecule has 0 aliphatic heterocycles. The molecule has 18 heavy (non-hydrogen) atoms. The lowest BCUT2D eigenvalue weighted by atomic mass is 10.2. The van der Waals surface area contributed by atoms with E-state index >= 15 is 0 Å². The van der Waals surface area contributed by atoms with Crippen molar-refractivity contribution in [2.24, 2.45) is 0 Å². The van der Waals surface area contributed by atoms with Crippen LogP contribution in [0.1, 0.15) is 17.3 Å². The van der Waals surface area contributed by atoms with Gasteiger partial charge in [-0.15, -0.1) is 0 Å². The van der Waals surface area contributed by atoms with E-state index in [1.807, 2.05) is 0 Å². The molecule has 1 rings (SSSR count). The Hall–Kier alpha value is -2.44. The van der Waals surface area contributed by atoms with Crippen molar-refractivity contribution in [3.8, 4) is 5.75 Å². The Morgan fingerprint density at radius 2 is 2.22 bits per heavy atom. The molecule has 0 unspecified atom stereocenters. The lowest BCUT2D eigenvalue weighted by molar-refractivity contribution is -0.385. The fraction of sp³-hybridized carbons (Fsp3) is 0.273. The lowest BCUT2D eigenvalue weighted by Gasteiger charge is -2.05. The van der Waals surface area contributed by atoms with E-state index in [0.717, 1.165) is 6.07 Å². The Balaban J connectivity index is 2.79. The first-order valence-electron chi connectivity index (χ1n) is 5.10. The quantitative estimate of drug-likeness (QED) is 0.328. The SMILES string of the molecule is CCOC(=O)COc1ccc(C=O)c([N+](=O)[O-])c1. The van der Waals surface area contributed by atoms with E-state index in [-0.39, 0.29) is 30.2 Å². The van der Waals surface area contributed by atoms with Gasteiger partial charge in [0, 0.05) is 0 Å². The molecule has 0 saturated carbocycles. The topological polar surface area (TPSA) is 95.7 Å². The number of hydrogen-bond acceptors (Lipinski definition) is 6. The Labute approximate surface area is 102 Å². The summed E-state index contributed by atoms with van der Waals surface area (Å²) in [4.78, 5) is 31.6. The maximum Gasteiger partial charge on any atom is 0.344 e. The minimum Gasteiger partial charge on any atom is -0.482 e. The highest BCUT2D eigenvalue weighted by Gasteiger charge is 2.15. The maximum absolute atomic E-state index is 11.0. The van der Waals surface area contributed by atoms with Crippen LogP contribution in [-0.4, -0.2) is 30.4 Å². The highest BCUT2D eigenvalue weighted by molar-refractivity contribution is 5.81. The fourth-order valence-electron chi connectivity index (χ4n) is 1.22. The first kappa shape index (κ1) is 13.6. The zero-order valence-electron chi connectivity index (χ0n) is 9.62. The smallest absolute Gasteiger partial charge is 0.344 e. The van der Waals surface area contributed by atoms with E-state index in [0.29, 0.717) is 6.29 Å². The van der Waals surface area contributed by atoms with Crippen LogP contribution in [-0.2, 0) is 9.53 Å². The number of esters is 1. The number of benzene rings is 1. The third kappa shape index (κ3) is 3.55. The molecule has 0 spiro atoms. The van der Waals surface area contributed by atoms with E-state index in [1.165, 1.54) is 12.1 Å². The number of carbonyl (C=O) groups excluding carboxylic acids is 2. The average molecular weight is 253 g/mol. The van der Waals surface area contributed by atoms with E-state index < -0.39 is 10.9 Å². The second-order valence-electron chi connectivity index (χ2n) is 3.19. The average Bonchev–Trinajstić information content (AvgIpc) is 2.36. The molecule has 0 aromatic heterocycles. The third-order valence-electron chi connectivity index (χ3n) is 1.99. The van der Waals surface area contributed by atoms with Crippen molar-refractivity contribution in [3.05, 3.63) is 33.9 Å². The summed E-state index contributed by atoms with van der Waals surface area (Å²) in [6.45, 7) is 1.54. The summed E-state index contributed by atoms with van der Waals surface area (Å²) < 4.78 is 9.65. The fourth-order valence-corrected chi connectivity index (χ4v) is 1.22. The largest absolute Gasteiger partial charge is 0.482 e. The van der Waals surface area contributed by atoms with Crippen LogP contribution in [0.5, 0.6) is 5.75 Å². The molecular weight excluding hydrogens is 242 g/mol. The van der Waals surface area contributed by atoms with Crippen molar-refractivity contribution in [1.29, 1.82) is 0 Å². The normalized spacial score (nSPS) is 9.61. The summed E-state index contributed by atoms with van der Waals surface area (Å²) in [6, 6.07) is 3.71.